The third-order valence-corrected chi connectivity index (χ3v) is 6.15. The molecule has 0 atom stereocenters. The number of nitrogens with zero attached hydrogens (tertiary/aromatic N) is 2. The van der Waals surface area contributed by atoms with E-state index in [0.29, 0.717) is 0 Å². The molecule has 0 rings (SSSR count). The van der Waals surface area contributed by atoms with Gasteiger partial charge < -0.3 is 16.3 Å². The smallest absolute Gasteiger partial charge is 0.0784 e. The molecule has 0 aromatic carbocycles. The van der Waals surface area contributed by atoms with Crippen molar-refractivity contribution < 1.29 is 4.48 Å². The number of hydrogen-bond acceptors (Lipinski definition) is 1. The fourth-order valence-electron chi connectivity index (χ4n) is 4.16. The SMILES string of the molecule is CCCCCCCC[N+](C)(CCCCCCCC)CCCCCCCC.[C-]#N. The molecule has 0 aliphatic heterocycles. The minimum absolute atomic E-state index is 1.36. The lowest BCUT2D eigenvalue weighted by atomic mass is 10.1. The average molecular weight is 395 g/mol. The minimum atomic E-state index is 1.36. The third kappa shape index (κ3) is 21.7. The van der Waals surface area contributed by atoms with Gasteiger partial charge in [-0.2, -0.15) is 0 Å². The summed E-state index contributed by atoms with van der Waals surface area (Å²) in [5.41, 5.74) is 0. The van der Waals surface area contributed by atoms with Crippen molar-refractivity contribution >= 4 is 0 Å². The number of quaternary nitrogens is 1. The summed E-state index contributed by atoms with van der Waals surface area (Å²) in [6.45, 7) is 16.0. The summed E-state index contributed by atoms with van der Waals surface area (Å²) in [6.07, 6.45) is 25.9. The van der Waals surface area contributed by atoms with Gasteiger partial charge in [-0.05, 0) is 38.5 Å². The van der Waals surface area contributed by atoms with E-state index in [1.165, 1.54) is 140 Å². The van der Waals surface area contributed by atoms with Crippen molar-refractivity contribution in [3.8, 4) is 0 Å². The molecule has 0 aliphatic rings. The van der Waals surface area contributed by atoms with Crippen LogP contribution in [0.1, 0.15) is 136 Å². The van der Waals surface area contributed by atoms with Gasteiger partial charge in [-0.25, -0.2) is 0 Å². The Balaban J connectivity index is 0. The van der Waals surface area contributed by atoms with Crippen LogP contribution in [0.15, 0.2) is 0 Å². The molecule has 168 valence electrons. The van der Waals surface area contributed by atoms with Gasteiger partial charge in [0.2, 0.25) is 0 Å². The van der Waals surface area contributed by atoms with Gasteiger partial charge in [0.25, 0.3) is 0 Å². The van der Waals surface area contributed by atoms with Gasteiger partial charge in [-0.1, -0.05) is 97.8 Å². The molecule has 0 fully saturated rings. The highest BCUT2D eigenvalue weighted by Gasteiger charge is 2.20. The second-order valence-electron chi connectivity index (χ2n) is 9.09. The second kappa shape index (κ2) is 24.5. The van der Waals surface area contributed by atoms with E-state index >= 15 is 0 Å². The van der Waals surface area contributed by atoms with E-state index in [4.69, 9.17) is 11.8 Å². The predicted molar refractivity (Wildman–Crippen MR) is 126 cm³/mol. The molecular weight excluding hydrogens is 340 g/mol. The largest absolute Gasteiger partial charge is 0.512 e. The summed E-state index contributed by atoms with van der Waals surface area (Å²) in [5, 5.41) is 6.25. The van der Waals surface area contributed by atoms with Crippen molar-refractivity contribution in [2.75, 3.05) is 26.7 Å². The molecule has 0 unspecified atom stereocenters. The number of unbranched alkanes of at least 4 members (excludes halogenated alkanes) is 15. The Hall–Kier alpha value is -0.550. The van der Waals surface area contributed by atoms with Crippen LogP contribution in [-0.2, 0) is 0 Å². The number of hydrogen-bond donors (Lipinski definition) is 0. The lowest BCUT2D eigenvalue weighted by molar-refractivity contribution is -0.910. The molecule has 0 spiro atoms. The Bertz CT molecular complexity index is 257. The lowest BCUT2D eigenvalue weighted by Crippen LogP contribution is -2.46. The quantitative estimate of drug-likeness (QED) is 0.109. The summed E-state index contributed by atoms with van der Waals surface area (Å²) < 4.78 is 1.36. The topological polar surface area (TPSA) is 23.8 Å². The zero-order valence-electron chi connectivity index (χ0n) is 20.2. The summed E-state index contributed by atoms with van der Waals surface area (Å²) in [5.74, 6) is 0. The van der Waals surface area contributed by atoms with E-state index in [2.05, 4.69) is 27.8 Å². The monoisotopic (exact) mass is 394 g/mol. The maximum absolute atomic E-state index is 6.25. The summed E-state index contributed by atoms with van der Waals surface area (Å²) in [6, 6.07) is 0. The van der Waals surface area contributed by atoms with Gasteiger partial charge >= 0.3 is 0 Å². The normalized spacial score (nSPS) is 11.2. The maximum Gasteiger partial charge on any atom is 0.0784 e. The molecule has 0 saturated carbocycles. The molecule has 0 aliphatic carbocycles. The molecule has 28 heavy (non-hydrogen) atoms. The molecule has 0 amide bonds. The van der Waals surface area contributed by atoms with Gasteiger partial charge in [-0.3, -0.25) is 0 Å². The highest BCUT2D eigenvalue weighted by Crippen LogP contribution is 2.16. The van der Waals surface area contributed by atoms with Crippen molar-refractivity contribution in [1.29, 1.82) is 5.26 Å². The standard InChI is InChI=1S/C25H54N.CN/c1-5-8-11-14-17-20-23-26(4,24-21-18-15-12-9-6-2)25-22-19-16-13-10-7-3;1-2/h5-25H2,1-4H3;/q+1;-1. The minimum Gasteiger partial charge on any atom is -0.512 e. The Kier molecular flexibility index (Phi) is 25.9. The zero-order valence-corrected chi connectivity index (χ0v) is 20.2. The highest BCUT2D eigenvalue weighted by molar-refractivity contribution is 4.51. The van der Waals surface area contributed by atoms with E-state index in [9.17, 15) is 0 Å². The molecule has 0 bridgehead atoms. The first-order valence-electron chi connectivity index (χ1n) is 12.7. The maximum atomic E-state index is 6.25. The summed E-state index contributed by atoms with van der Waals surface area (Å²) in [4.78, 5) is 0. The molecule has 0 radical (unpaired) electrons. The Labute approximate surface area is 179 Å². The Morgan fingerprint density at radius 2 is 0.643 bits per heavy atom. The van der Waals surface area contributed by atoms with Gasteiger partial charge in [0, 0.05) is 0 Å². The molecule has 0 heterocycles. The third-order valence-electron chi connectivity index (χ3n) is 6.15. The Morgan fingerprint density at radius 3 is 0.893 bits per heavy atom. The molecule has 0 aromatic heterocycles. The van der Waals surface area contributed by atoms with Crippen molar-refractivity contribution in [2.45, 2.75) is 136 Å². The van der Waals surface area contributed by atoms with Crippen LogP contribution in [0.2, 0.25) is 0 Å². The fraction of sp³-hybridized carbons (Fsp3) is 0.962. The first-order chi connectivity index (χ1) is 13.7. The lowest BCUT2D eigenvalue weighted by Gasteiger charge is -2.35. The van der Waals surface area contributed by atoms with Crippen LogP contribution >= 0.6 is 0 Å². The van der Waals surface area contributed by atoms with Crippen LogP contribution in [0, 0.1) is 11.8 Å². The van der Waals surface area contributed by atoms with E-state index in [1.54, 1.807) is 0 Å². The van der Waals surface area contributed by atoms with E-state index in [1.807, 2.05) is 0 Å². The first-order valence-corrected chi connectivity index (χ1v) is 12.7. The van der Waals surface area contributed by atoms with Crippen molar-refractivity contribution in [2.24, 2.45) is 0 Å². The van der Waals surface area contributed by atoms with E-state index in [0.717, 1.165) is 0 Å². The Morgan fingerprint density at radius 1 is 0.429 bits per heavy atom. The van der Waals surface area contributed by atoms with Crippen LogP contribution in [0.4, 0.5) is 0 Å². The summed E-state index contributed by atoms with van der Waals surface area (Å²) in [7, 11) is 2.56. The summed E-state index contributed by atoms with van der Waals surface area (Å²) >= 11 is 0. The van der Waals surface area contributed by atoms with Gasteiger partial charge in [0.15, 0.2) is 0 Å². The molecule has 0 aromatic rings. The zero-order chi connectivity index (χ0) is 21.3. The van der Waals surface area contributed by atoms with Gasteiger partial charge in [-0.15, -0.1) is 0 Å². The van der Waals surface area contributed by atoms with Crippen LogP contribution in [0.25, 0.3) is 0 Å². The fourth-order valence-corrected chi connectivity index (χ4v) is 4.16. The van der Waals surface area contributed by atoms with Gasteiger partial charge in [0.1, 0.15) is 0 Å². The number of rotatable bonds is 21. The van der Waals surface area contributed by atoms with Crippen molar-refractivity contribution in [1.82, 2.24) is 0 Å². The van der Waals surface area contributed by atoms with Crippen LogP contribution in [0.3, 0.4) is 0 Å². The van der Waals surface area contributed by atoms with Crippen LogP contribution in [0.5, 0.6) is 0 Å². The van der Waals surface area contributed by atoms with Crippen molar-refractivity contribution in [3.05, 3.63) is 6.57 Å². The van der Waals surface area contributed by atoms with E-state index in [-0.39, 0.29) is 0 Å². The first kappa shape index (κ1) is 29.6. The predicted octanol–water partition coefficient (Wildman–Crippen LogP) is 8.61. The molecule has 2 nitrogen and oxygen atoms in total. The molecule has 0 N–H and O–H groups in total. The molecular formula is C26H54N2. The van der Waals surface area contributed by atoms with Crippen LogP contribution < -0.4 is 0 Å². The van der Waals surface area contributed by atoms with E-state index < -0.39 is 0 Å². The second-order valence-corrected chi connectivity index (χ2v) is 9.09. The highest BCUT2D eigenvalue weighted by atomic mass is 15.3. The van der Waals surface area contributed by atoms with Crippen LogP contribution in [-0.4, -0.2) is 31.2 Å². The van der Waals surface area contributed by atoms with Crippen molar-refractivity contribution in [3.63, 3.8) is 0 Å². The van der Waals surface area contributed by atoms with Gasteiger partial charge in [0.05, 0.1) is 26.7 Å². The molecule has 2 heteroatoms. The molecule has 0 saturated heterocycles. The average Bonchev–Trinajstić information content (AvgIpc) is 2.71.